The summed E-state index contributed by atoms with van der Waals surface area (Å²) in [5.41, 5.74) is 0.942. The molecule has 0 bridgehead atoms. The van der Waals surface area contributed by atoms with E-state index in [9.17, 15) is 4.79 Å². The predicted octanol–water partition coefficient (Wildman–Crippen LogP) is 2.92. The molecule has 100 valence electrons. The van der Waals surface area contributed by atoms with Crippen LogP contribution in [0.5, 0.6) is 0 Å². The number of aromatic nitrogens is 2. The van der Waals surface area contributed by atoms with Crippen molar-refractivity contribution < 1.29 is 0 Å². The van der Waals surface area contributed by atoms with Crippen molar-refractivity contribution in [3.05, 3.63) is 55.2 Å². The Morgan fingerprint density at radius 1 is 1.47 bits per heavy atom. The summed E-state index contributed by atoms with van der Waals surface area (Å²) in [5, 5.41) is 3.92. The third kappa shape index (κ3) is 3.70. The lowest BCUT2D eigenvalue weighted by Gasteiger charge is -2.11. The molecule has 6 heteroatoms. The molecule has 19 heavy (non-hydrogen) atoms. The summed E-state index contributed by atoms with van der Waals surface area (Å²) in [7, 11) is 0. The second-order valence-corrected chi connectivity index (χ2v) is 5.65. The van der Waals surface area contributed by atoms with Gasteiger partial charge in [0.1, 0.15) is 5.82 Å². The van der Waals surface area contributed by atoms with E-state index in [1.165, 1.54) is 0 Å². The van der Waals surface area contributed by atoms with Crippen LogP contribution in [0.4, 0.5) is 5.69 Å². The maximum absolute atomic E-state index is 12.0. The molecule has 0 radical (unpaired) electrons. The zero-order valence-corrected chi connectivity index (χ0v) is 13.3. The van der Waals surface area contributed by atoms with Gasteiger partial charge >= 0.3 is 0 Å². The molecule has 1 aromatic heterocycles. The van der Waals surface area contributed by atoms with Crippen LogP contribution >= 0.6 is 34.2 Å². The molecular formula is C13H13ClIN3O. The number of anilines is 1. The molecule has 2 rings (SSSR count). The van der Waals surface area contributed by atoms with Gasteiger partial charge in [-0.3, -0.25) is 9.36 Å². The topological polar surface area (TPSA) is 46.9 Å². The summed E-state index contributed by atoms with van der Waals surface area (Å²) in [4.78, 5) is 16.1. The molecule has 0 aliphatic rings. The first-order valence-electron chi connectivity index (χ1n) is 5.79. The number of halogens is 2. The molecule has 1 N–H and O–H groups in total. The number of nitrogens with one attached hydrogen (secondary N) is 1. The third-order valence-corrected chi connectivity index (χ3v) is 3.67. The van der Waals surface area contributed by atoms with Gasteiger partial charge in [-0.25, -0.2) is 4.98 Å². The molecule has 4 nitrogen and oxygen atoms in total. The SMILES string of the molecule is Cc1ncc(I)c(=O)n1CCNc1cccc(Cl)c1. The van der Waals surface area contributed by atoms with Crippen LogP contribution in [-0.4, -0.2) is 16.1 Å². The van der Waals surface area contributed by atoms with E-state index in [1.54, 1.807) is 10.8 Å². The van der Waals surface area contributed by atoms with E-state index in [0.717, 1.165) is 11.5 Å². The maximum atomic E-state index is 12.0. The van der Waals surface area contributed by atoms with E-state index in [-0.39, 0.29) is 5.56 Å². The fraction of sp³-hybridized carbons (Fsp3) is 0.231. The van der Waals surface area contributed by atoms with Crippen LogP contribution in [0.3, 0.4) is 0 Å². The molecule has 0 saturated heterocycles. The number of hydrogen-bond acceptors (Lipinski definition) is 3. The highest BCUT2D eigenvalue weighted by Gasteiger charge is 2.04. The fourth-order valence-electron chi connectivity index (χ4n) is 1.72. The Labute approximate surface area is 130 Å². The van der Waals surface area contributed by atoms with Crippen LogP contribution in [0.25, 0.3) is 0 Å². The molecule has 0 aliphatic heterocycles. The van der Waals surface area contributed by atoms with E-state index in [4.69, 9.17) is 11.6 Å². The number of rotatable bonds is 4. The summed E-state index contributed by atoms with van der Waals surface area (Å²) in [5.74, 6) is 0.721. The normalized spacial score (nSPS) is 10.5. The lowest BCUT2D eigenvalue weighted by Crippen LogP contribution is -2.28. The molecule has 0 saturated carbocycles. The van der Waals surface area contributed by atoms with Gasteiger partial charge in [0.2, 0.25) is 0 Å². The third-order valence-electron chi connectivity index (χ3n) is 2.69. The van der Waals surface area contributed by atoms with Crippen molar-refractivity contribution in [1.82, 2.24) is 9.55 Å². The molecule has 0 amide bonds. The first-order valence-corrected chi connectivity index (χ1v) is 7.25. The second-order valence-electron chi connectivity index (χ2n) is 4.05. The van der Waals surface area contributed by atoms with Gasteiger partial charge in [-0.2, -0.15) is 0 Å². The monoisotopic (exact) mass is 389 g/mol. The highest BCUT2D eigenvalue weighted by molar-refractivity contribution is 14.1. The summed E-state index contributed by atoms with van der Waals surface area (Å²) in [6.45, 7) is 3.04. The molecule has 1 aromatic carbocycles. The van der Waals surface area contributed by atoms with Gasteiger partial charge in [0.05, 0.1) is 3.57 Å². The Morgan fingerprint density at radius 3 is 3.00 bits per heavy atom. The first kappa shape index (κ1) is 14.3. The van der Waals surface area contributed by atoms with Gasteiger partial charge < -0.3 is 5.32 Å². The second kappa shape index (κ2) is 6.38. The van der Waals surface area contributed by atoms with Crippen LogP contribution in [0.2, 0.25) is 5.02 Å². The van der Waals surface area contributed by atoms with E-state index in [1.807, 2.05) is 53.8 Å². The molecule has 0 fully saturated rings. The maximum Gasteiger partial charge on any atom is 0.266 e. The van der Waals surface area contributed by atoms with Gasteiger partial charge in [0, 0.05) is 30.0 Å². The minimum absolute atomic E-state index is 0.000920. The van der Waals surface area contributed by atoms with Crippen LogP contribution in [0, 0.1) is 10.5 Å². The van der Waals surface area contributed by atoms with Crippen molar-refractivity contribution in [3.63, 3.8) is 0 Å². The van der Waals surface area contributed by atoms with Crippen molar-refractivity contribution >= 4 is 39.9 Å². The molecule has 2 aromatic rings. The Morgan fingerprint density at radius 2 is 2.26 bits per heavy atom. The van der Waals surface area contributed by atoms with Crippen LogP contribution in [0.15, 0.2) is 35.3 Å². The van der Waals surface area contributed by atoms with Crippen LogP contribution < -0.4 is 10.9 Å². The average molecular weight is 390 g/mol. The molecule has 0 aliphatic carbocycles. The number of nitrogens with zero attached hydrogens (tertiary/aromatic N) is 2. The lowest BCUT2D eigenvalue weighted by atomic mass is 10.3. The fourth-order valence-corrected chi connectivity index (χ4v) is 2.35. The van der Waals surface area contributed by atoms with Crippen molar-refractivity contribution in [2.75, 3.05) is 11.9 Å². The minimum Gasteiger partial charge on any atom is -0.383 e. The van der Waals surface area contributed by atoms with Crippen LogP contribution in [0.1, 0.15) is 5.82 Å². The first-order chi connectivity index (χ1) is 9.08. The van der Waals surface area contributed by atoms with Gasteiger partial charge in [-0.05, 0) is 47.7 Å². The lowest BCUT2D eigenvalue weighted by molar-refractivity contribution is 0.648. The Hall–Kier alpha value is -1.08. The van der Waals surface area contributed by atoms with Crippen molar-refractivity contribution in [3.8, 4) is 0 Å². The van der Waals surface area contributed by atoms with Gasteiger partial charge in [0.15, 0.2) is 0 Å². The zero-order chi connectivity index (χ0) is 13.8. The summed E-state index contributed by atoms with van der Waals surface area (Å²) >= 11 is 7.91. The van der Waals surface area contributed by atoms with E-state index >= 15 is 0 Å². The Balaban J connectivity index is 2.04. The van der Waals surface area contributed by atoms with Gasteiger partial charge in [-0.1, -0.05) is 17.7 Å². The predicted molar refractivity (Wildman–Crippen MR) is 85.9 cm³/mol. The Kier molecular flexibility index (Phi) is 4.81. The summed E-state index contributed by atoms with van der Waals surface area (Å²) in [6.07, 6.45) is 1.60. The minimum atomic E-state index is 0.000920. The number of aryl methyl sites for hydroxylation is 1. The van der Waals surface area contributed by atoms with E-state index < -0.39 is 0 Å². The Bertz CT molecular complexity index is 642. The number of hydrogen-bond donors (Lipinski definition) is 1. The van der Waals surface area contributed by atoms with E-state index in [2.05, 4.69) is 10.3 Å². The molecule has 1 heterocycles. The summed E-state index contributed by atoms with van der Waals surface area (Å²) < 4.78 is 2.30. The standard InChI is InChI=1S/C13H13ClIN3O/c1-9-17-8-12(15)13(19)18(9)6-5-16-11-4-2-3-10(14)7-11/h2-4,7-8,16H,5-6H2,1H3. The average Bonchev–Trinajstić information content (AvgIpc) is 2.38. The number of benzene rings is 1. The van der Waals surface area contributed by atoms with Crippen LogP contribution in [-0.2, 0) is 6.54 Å². The van der Waals surface area contributed by atoms with Gasteiger partial charge in [0.25, 0.3) is 5.56 Å². The zero-order valence-electron chi connectivity index (χ0n) is 10.4. The highest BCUT2D eigenvalue weighted by atomic mass is 127. The highest BCUT2D eigenvalue weighted by Crippen LogP contribution is 2.14. The molecule has 0 spiro atoms. The van der Waals surface area contributed by atoms with Crippen molar-refractivity contribution in [2.24, 2.45) is 0 Å². The largest absolute Gasteiger partial charge is 0.383 e. The smallest absolute Gasteiger partial charge is 0.266 e. The molecular weight excluding hydrogens is 377 g/mol. The van der Waals surface area contributed by atoms with E-state index in [0.29, 0.717) is 21.7 Å². The quantitative estimate of drug-likeness (QED) is 0.818. The van der Waals surface area contributed by atoms with Gasteiger partial charge in [-0.15, -0.1) is 0 Å². The summed E-state index contributed by atoms with van der Waals surface area (Å²) in [6, 6.07) is 7.50. The molecule has 0 atom stereocenters. The van der Waals surface area contributed by atoms with Crippen molar-refractivity contribution in [1.29, 1.82) is 0 Å². The van der Waals surface area contributed by atoms with Crippen molar-refractivity contribution in [2.45, 2.75) is 13.5 Å². The molecule has 0 unspecified atom stereocenters.